The van der Waals surface area contributed by atoms with Crippen molar-refractivity contribution < 1.29 is 9.53 Å². The Balaban J connectivity index is 2.65. The fraction of sp³-hybridized carbons (Fsp3) is 0.462. The van der Waals surface area contributed by atoms with Gasteiger partial charge in [-0.25, -0.2) is 0 Å². The summed E-state index contributed by atoms with van der Waals surface area (Å²) in [5.74, 6) is 0.786. The normalized spacial score (nSPS) is 12.1. The van der Waals surface area contributed by atoms with Crippen LogP contribution in [0.25, 0.3) is 0 Å². The van der Waals surface area contributed by atoms with Gasteiger partial charge in [-0.3, -0.25) is 4.79 Å². The lowest BCUT2D eigenvalue weighted by Crippen LogP contribution is -2.23. The summed E-state index contributed by atoms with van der Waals surface area (Å²) in [6.07, 6.45) is 0.363. The Hall–Kier alpha value is -1.07. The third-order valence-corrected chi connectivity index (χ3v) is 3.03. The standard InChI is InChI=1S/C13H19BrN2O2/c1-9(15)11-8-10(14)4-5-12(11)18-7-6-13(17)16(2)3/h4-5,8-9H,6-7,15H2,1-3H3/t9-/m1/s1. The lowest BCUT2D eigenvalue weighted by atomic mass is 10.1. The molecule has 0 heterocycles. The van der Waals surface area contributed by atoms with Gasteiger partial charge in [-0.1, -0.05) is 15.9 Å². The van der Waals surface area contributed by atoms with E-state index >= 15 is 0 Å². The minimum Gasteiger partial charge on any atom is -0.493 e. The fourth-order valence-corrected chi connectivity index (χ4v) is 1.86. The lowest BCUT2D eigenvalue weighted by molar-refractivity contribution is -0.129. The number of hydrogen-bond acceptors (Lipinski definition) is 3. The van der Waals surface area contributed by atoms with Crippen molar-refractivity contribution in [2.75, 3.05) is 20.7 Å². The van der Waals surface area contributed by atoms with Crippen molar-refractivity contribution in [3.8, 4) is 5.75 Å². The van der Waals surface area contributed by atoms with Gasteiger partial charge in [0, 0.05) is 30.2 Å². The summed E-state index contributed by atoms with van der Waals surface area (Å²) < 4.78 is 6.59. The van der Waals surface area contributed by atoms with Crippen LogP contribution in [-0.4, -0.2) is 31.5 Å². The van der Waals surface area contributed by atoms with Crippen LogP contribution in [0.15, 0.2) is 22.7 Å². The highest BCUT2D eigenvalue weighted by Crippen LogP contribution is 2.27. The molecule has 4 nitrogen and oxygen atoms in total. The maximum absolute atomic E-state index is 11.4. The van der Waals surface area contributed by atoms with Crippen LogP contribution in [0.3, 0.4) is 0 Å². The van der Waals surface area contributed by atoms with Crippen molar-refractivity contribution in [2.24, 2.45) is 5.73 Å². The van der Waals surface area contributed by atoms with E-state index in [4.69, 9.17) is 10.5 Å². The van der Waals surface area contributed by atoms with Gasteiger partial charge in [0.05, 0.1) is 13.0 Å². The highest BCUT2D eigenvalue weighted by molar-refractivity contribution is 9.10. The van der Waals surface area contributed by atoms with E-state index in [0.717, 1.165) is 15.8 Å². The molecule has 0 bridgehead atoms. The Morgan fingerprint density at radius 2 is 2.17 bits per heavy atom. The summed E-state index contributed by atoms with van der Waals surface area (Å²) in [4.78, 5) is 13.0. The van der Waals surface area contributed by atoms with Crippen LogP contribution in [-0.2, 0) is 4.79 Å². The Morgan fingerprint density at radius 3 is 2.72 bits per heavy atom. The predicted molar refractivity (Wildman–Crippen MR) is 75.6 cm³/mol. The summed E-state index contributed by atoms with van der Waals surface area (Å²) in [7, 11) is 3.46. The lowest BCUT2D eigenvalue weighted by Gasteiger charge is -2.15. The van der Waals surface area contributed by atoms with Crippen LogP contribution < -0.4 is 10.5 Å². The minimum atomic E-state index is -0.109. The molecule has 0 radical (unpaired) electrons. The molecule has 0 spiro atoms. The highest BCUT2D eigenvalue weighted by atomic mass is 79.9. The van der Waals surface area contributed by atoms with Gasteiger partial charge in [0.15, 0.2) is 0 Å². The molecule has 1 atom stereocenters. The van der Waals surface area contributed by atoms with Crippen LogP contribution in [0.2, 0.25) is 0 Å². The van der Waals surface area contributed by atoms with Gasteiger partial charge in [0.1, 0.15) is 5.75 Å². The third kappa shape index (κ3) is 4.31. The first-order valence-corrected chi connectivity index (χ1v) is 6.59. The maximum Gasteiger partial charge on any atom is 0.225 e. The number of nitrogens with two attached hydrogens (primary N) is 1. The minimum absolute atomic E-state index is 0.0504. The highest BCUT2D eigenvalue weighted by Gasteiger charge is 2.10. The average Bonchev–Trinajstić information content (AvgIpc) is 2.30. The van der Waals surface area contributed by atoms with Crippen molar-refractivity contribution in [1.82, 2.24) is 4.90 Å². The number of rotatable bonds is 5. The van der Waals surface area contributed by atoms with E-state index in [0.29, 0.717) is 13.0 Å². The Kier molecular flexibility index (Phi) is 5.62. The van der Waals surface area contributed by atoms with Gasteiger partial charge >= 0.3 is 0 Å². The van der Waals surface area contributed by atoms with Gasteiger partial charge < -0.3 is 15.4 Å². The number of nitrogens with zero attached hydrogens (tertiary/aromatic N) is 1. The molecule has 0 aliphatic rings. The molecule has 2 N–H and O–H groups in total. The van der Waals surface area contributed by atoms with E-state index < -0.39 is 0 Å². The molecule has 1 amide bonds. The Labute approximate surface area is 116 Å². The molecule has 5 heteroatoms. The second-order valence-electron chi connectivity index (χ2n) is 4.36. The molecule has 0 aliphatic heterocycles. The van der Waals surface area contributed by atoms with Gasteiger partial charge in [-0.05, 0) is 25.1 Å². The smallest absolute Gasteiger partial charge is 0.225 e. The Morgan fingerprint density at radius 1 is 1.50 bits per heavy atom. The second kappa shape index (κ2) is 6.75. The molecule has 0 aromatic heterocycles. The van der Waals surface area contributed by atoms with E-state index in [9.17, 15) is 4.79 Å². The van der Waals surface area contributed by atoms with E-state index in [1.807, 2.05) is 25.1 Å². The molecular weight excluding hydrogens is 296 g/mol. The first-order valence-electron chi connectivity index (χ1n) is 5.79. The van der Waals surface area contributed by atoms with Gasteiger partial charge in [-0.15, -0.1) is 0 Å². The fourth-order valence-electron chi connectivity index (χ4n) is 1.48. The zero-order valence-electron chi connectivity index (χ0n) is 10.9. The van der Waals surface area contributed by atoms with Crippen molar-refractivity contribution in [3.63, 3.8) is 0 Å². The molecule has 18 heavy (non-hydrogen) atoms. The first-order chi connectivity index (χ1) is 8.41. The molecule has 0 unspecified atom stereocenters. The zero-order chi connectivity index (χ0) is 13.7. The van der Waals surface area contributed by atoms with E-state index in [1.54, 1.807) is 19.0 Å². The molecule has 100 valence electrons. The maximum atomic E-state index is 11.4. The number of halogens is 1. The number of carbonyl (C=O) groups is 1. The molecule has 0 saturated heterocycles. The average molecular weight is 315 g/mol. The largest absolute Gasteiger partial charge is 0.493 e. The number of benzene rings is 1. The van der Waals surface area contributed by atoms with Crippen LogP contribution in [0.4, 0.5) is 0 Å². The first kappa shape index (κ1) is 15.0. The van der Waals surface area contributed by atoms with Crippen molar-refractivity contribution in [3.05, 3.63) is 28.2 Å². The summed E-state index contributed by atoms with van der Waals surface area (Å²) in [5, 5.41) is 0. The molecule has 1 aromatic carbocycles. The molecule has 1 rings (SSSR count). The quantitative estimate of drug-likeness (QED) is 0.907. The van der Waals surface area contributed by atoms with Crippen molar-refractivity contribution >= 4 is 21.8 Å². The third-order valence-electron chi connectivity index (χ3n) is 2.53. The summed E-state index contributed by atoms with van der Waals surface area (Å²) >= 11 is 3.40. The van der Waals surface area contributed by atoms with Crippen LogP contribution in [0.1, 0.15) is 24.9 Å². The van der Waals surface area contributed by atoms with Gasteiger partial charge in [0.2, 0.25) is 5.91 Å². The number of carbonyl (C=O) groups excluding carboxylic acids is 1. The molecule has 0 aliphatic carbocycles. The van der Waals surface area contributed by atoms with E-state index in [2.05, 4.69) is 15.9 Å². The van der Waals surface area contributed by atoms with Gasteiger partial charge in [0.25, 0.3) is 0 Å². The zero-order valence-corrected chi connectivity index (χ0v) is 12.5. The monoisotopic (exact) mass is 314 g/mol. The van der Waals surface area contributed by atoms with E-state index in [-0.39, 0.29) is 11.9 Å². The summed E-state index contributed by atoms with van der Waals surface area (Å²) in [6.45, 7) is 2.26. The number of amides is 1. The second-order valence-corrected chi connectivity index (χ2v) is 5.27. The SMILES string of the molecule is C[C@@H](N)c1cc(Br)ccc1OCCC(=O)N(C)C. The van der Waals surface area contributed by atoms with Crippen molar-refractivity contribution in [2.45, 2.75) is 19.4 Å². The molecule has 0 fully saturated rings. The van der Waals surface area contributed by atoms with Crippen molar-refractivity contribution in [1.29, 1.82) is 0 Å². The topological polar surface area (TPSA) is 55.6 Å². The van der Waals surface area contributed by atoms with Gasteiger partial charge in [-0.2, -0.15) is 0 Å². The molecular formula is C13H19BrN2O2. The predicted octanol–water partition coefficient (Wildman–Crippen LogP) is 2.33. The summed E-state index contributed by atoms with van der Waals surface area (Å²) in [6, 6.07) is 5.59. The molecule has 0 saturated carbocycles. The Bertz CT molecular complexity index is 419. The molecule has 1 aromatic rings. The number of ether oxygens (including phenoxy) is 1. The summed E-state index contributed by atoms with van der Waals surface area (Å²) in [5.41, 5.74) is 6.82. The number of hydrogen-bond donors (Lipinski definition) is 1. The van der Waals surface area contributed by atoms with Crippen LogP contribution in [0.5, 0.6) is 5.75 Å². The van der Waals surface area contributed by atoms with E-state index in [1.165, 1.54) is 0 Å². The van der Waals surface area contributed by atoms with Crippen LogP contribution in [0, 0.1) is 0 Å². The van der Waals surface area contributed by atoms with Crippen LogP contribution >= 0.6 is 15.9 Å².